The lowest BCUT2D eigenvalue weighted by Gasteiger charge is -2.18. The second-order valence-electron chi connectivity index (χ2n) is 4.02. The number of nitrogens with one attached hydrogen (secondary N) is 1. The summed E-state index contributed by atoms with van der Waals surface area (Å²) in [5.74, 6) is 0.955. The second kappa shape index (κ2) is 6.26. The smallest absolute Gasteiger partial charge is 0.123 e. The highest BCUT2D eigenvalue weighted by Crippen LogP contribution is 2.31. The van der Waals surface area contributed by atoms with Gasteiger partial charge in [0.05, 0.1) is 7.11 Å². The number of methoxy groups -OCH3 is 1. The van der Waals surface area contributed by atoms with Gasteiger partial charge >= 0.3 is 0 Å². The van der Waals surface area contributed by atoms with E-state index >= 15 is 0 Å². The largest absolute Gasteiger partial charge is 0.496 e. The van der Waals surface area contributed by atoms with Gasteiger partial charge in [0.25, 0.3) is 0 Å². The molecule has 90 valence electrons. The lowest BCUT2D eigenvalue weighted by atomic mass is 10.0. The molecule has 1 unspecified atom stereocenters. The summed E-state index contributed by atoms with van der Waals surface area (Å²) in [5, 5.41) is 3.47. The molecule has 1 aromatic carbocycles. The molecule has 0 amide bonds. The van der Waals surface area contributed by atoms with Crippen LogP contribution in [0.25, 0.3) is 0 Å². The van der Waals surface area contributed by atoms with Crippen LogP contribution < -0.4 is 10.1 Å². The van der Waals surface area contributed by atoms with Crippen LogP contribution in [0.3, 0.4) is 0 Å². The fraction of sp³-hybridized carbons (Fsp3) is 0.538. The molecular formula is C13H20BrNO. The van der Waals surface area contributed by atoms with Gasteiger partial charge < -0.3 is 10.1 Å². The summed E-state index contributed by atoms with van der Waals surface area (Å²) in [5.41, 5.74) is 2.40. The Morgan fingerprint density at radius 3 is 2.69 bits per heavy atom. The third-order valence-electron chi connectivity index (χ3n) is 2.68. The van der Waals surface area contributed by atoms with Crippen molar-refractivity contribution in [1.29, 1.82) is 0 Å². The van der Waals surface area contributed by atoms with E-state index in [1.807, 2.05) is 0 Å². The van der Waals surface area contributed by atoms with E-state index in [0.717, 1.165) is 23.2 Å². The molecule has 0 saturated carbocycles. The first-order valence-corrected chi connectivity index (χ1v) is 6.46. The number of halogens is 1. The van der Waals surface area contributed by atoms with E-state index < -0.39 is 0 Å². The molecule has 0 aliphatic heterocycles. The SMILES string of the molecule is CCCNC(C)c1cc(Br)c(C)cc1OC. The Kier molecular flexibility index (Phi) is 5.29. The van der Waals surface area contributed by atoms with Crippen molar-refractivity contribution in [1.82, 2.24) is 5.32 Å². The Morgan fingerprint density at radius 1 is 1.44 bits per heavy atom. The summed E-state index contributed by atoms with van der Waals surface area (Å²) in [7, 11) is 1.72. The Balaban J connectivity index is 2.96. The Labute approximate surface area is 107 Å². The van der Waals surface area contributed by atoms with E-state index in [-0.39, 0.29) is 0 Å². The number of rotatable bonds is 5. The highest BCUT2D eigenvalue weighted by atomic mass is 79.9. The van der Waals surface area contributed by atoms with Crippen molar-refractivity contribution in [2.45, 2.75) is 33.2 Å². The van der Waals surface area contributed by atoms with E-state index in [1.54, 1.807) is 7.11 Å². The molecule has 0 bridgehead atoms. The molecule has 1 rings (SSSR count). The first kappa shape index (κ1) is 13.5. The molecule has 0 fully saturated rings. The monoisotopic (exact) mass is 285 g/mol. The summed E-state index contributed by atoms with van der Waals surface area (Å²) in [6.45, 7) is 7.42. The van der Waals surface area contributed by atoms with Gasteiger partial charge in [-0.1, -0.05) is 22.9 Å². The number of hydrogen-bond donors (Lipinski definition) is 1. The Morgan fingerprint density at radius 2 is 2.12 bits per heavy atom. The summed E-state index contributed by atoms with van der Waals surface area (Å²) in [6.07, 6.45) is 1.14. The van der Waals surface area contributed by atoms with E-state index in [0.29, 0.717) is 6.04 Å². The van der Waals surface area contributed by atoms with Gasteiger partial charge in [0, 0.05) is 16.1 Å². The van der Waals surface area contributed by atoms with Crippen LogP contribution in [-0.4, -0.2) is 13.7 Å². The Bertz CT molecular complexity index is 352. The maximum atomic E-state index is 5.42. The molecule has 0 heterocycles. The molecule has 0 radical (unpaired) electrons. The van der Waals surface area contributed by atoms with E-state index in [4.69, 9.17) is 4.74 Å². The van der Waals surface area contributed by atoms with E-state index in [9.17, 15) is 0 Å². The molecule has 1 N–H and O–H groups in total. The molecule has 1 aromatic rings. The van der Waals surface area contributed by atoms with Gasteiger partial charge in [-0.2, -0.15) is 0 Å². The summed E-state index contributed by atoms with van der Waals surface area (Å²) in [6, 6.07) is 4.53. The molecule has 0 aliphatic carbocycles. The molecule has 1 atom stereocenters. The zero-order valence-corrected chi connectivity index (χ0v) is 12.0. The van der Waals surface area contributed by atoms with Gasteiger partial charge in [0.2, 0.25) is 0 Å². The molecule has 0 aromatic heterocycles. The second-order valence-corrected chi connectivity index (χ2v) is 4.87. The van der Waals surface area contributed by atoms with Crippen molar-refractivity contribution in [3.63, 3.8) is 0 Å². The molecule has 3 heteroatoms. The number of aryl methyl sites for hydroxylation is 1. The predicted octanol–water partition coefficient (Wildman–Crippen LogP) is 3.83. The topological polar surface area (TPSA) is 21.3 Å². The average Bonchev–Trinajstić information content (AvgIpc) is 2.28. The van der Waals surface area contributed by atoms with Crippen molar-refractivity contribution < 1.29 is 4.74 Å². The van der Waals surface area contributed by atoms with Gasteiger partial charge in [-0.25, -0.2) is 0 Å². The Hall–Kier alpha value is -0.540. The van der Waals surface area contributed by atoms with Crippen molar-refractivity contribution in [3.8, 4) is 5.75 Å². The average molecular weight is 286 g/mol. The van der Waals surface area contributed by atoms with Gasteiger partial charge in [0.1, 0.15) is 5.75 Å². The molecule has 2 nitrogen and oxygen atoms in total. The van der Waals surface area contributed by atoms with Crippen LogP contribution in [0.2, 0.25) is 0 Å². The highest BCUT2D eigenvalue weighted by Gasteiger charge is 2.12. The van der Waals surface area contributed by atoms with Crippen molar-refractivity contribution >= 4 is 15.9 Å². The quantitative estimate of drug-likeness (QED) is 0.888. The number of benzene rings is 1. The van der Waals surface area contributed by atoms with Gasteiger partial charge in [-0.3, -0.25) is 0 Å². The summed E-state index contributed by atoms with van der Waals surface area (Å²) in [4.78, 5) is 0. The number of hydrogen-bond acceptors (Lipinski definition) is 2. The minimum atomic E-state index is 0.312. The fourth-order valence-electron chi connectivity index (χ4n) is 1.66. The third kappa shape index (κ3) is 3.22. The molecule has 0 spiro atoms. The van der Waals surface area contributed by atoms with Crippen molar-refractivity contribution in [3.05, 3.63) is 27.7 Å². The predicted molar refractivity (Wildman–Crippen MR) is 72.1 cm³/mol. The molecule has 0 saturated heterocycles. The molecule has 16 heavy (non-hydrogen) atoms. The van der Waals surface area contributed by atoms with Crippen LogP contribution in [0.4, 0.5) is 0 Å². The first-order chi connectivity index (χ1) is 7.60. The lowest BCUT2D eigenvalue weighted by molar-refractivity contribution is 0.401. The zero-order chi connectivity index (χ0) is 12.1. The van der Waals surface area contributed by atoms with E-state index in [1.165, 1.54) is 11.1 Å². The summed E-state index contributed by atoms with van der Waals surface area (Å²) < 4.78 is 6.55. The van der Waals surface area contributed by atoms with Gasteiger partial charge in [-0.05, 0) is 44.5 Å². The van der Waals surface area contributed by atoms with Crippen LogP contribution in [0.1, 0.15) is 37.4 Å². The lowest BCUT2D eigenvalue weighted by Crippen LogP contribution is -2.19. The first-order valence-electron chi connectivity index (χ1n) is 5.67. The van der Waals surface area contributed by atoms with Crippen LogP contribution in [0, 0.1) is 6.92 Å². The fourth-order valence-corrected chi connectivity index (χ4v) is 2.02. The standard InChI is InChI=1S/C13H20BrNO/c1-5-6-15-10(3)11-8-12(14)9(2)7-13(11)16-4/h7-8,10,15H,5-6H2,1-4H3. The van der Waals surface area contributed by atoms with Crippen LogP contribution in [-0.2, 0) is 0 Å². The number of ether oxygens (including phenoxy) is 1. The maximum Gasteiger partial charge on any atom is 0.123 e. The minimum Gasteiger partial charge on any atom is -0.496 e. The zero-order valence-electron chi connectivity index (χ0n) is 10.4. The maximum absolute atomic E-state index is 5.42. The van der Waals surface area contributed by atoms with Gasteiger partial charge in [0.15, 0.2) is 0 Å². The third-order valence-corrected chi connectivity index (χ3v) is 3.53. The van der Waals surface area contributed by atoms with Crippen LogP contribution >= 0.6 is 15.9 Å². The molecule has 0 aliphatic rings. The minimum absolute atomic E-state index is 0.312. The highest BCUT2D eigenvalue weighted by molar-refractivity contribution is 9.10. The van der Waals surface area contributed by atoms with Crippen molar-refractivity contribution in [2.24, 2.45) is 0 Å². The van der Waals surface area contributed by atoms with E-state index in [2.05, 4.69) is 54.2 Å². The normalized spacial score (nSPS) is 12.6. The van der Waals surface area contributed by atoms with Gasteiger partial charge in [-0.15, -0.1) is 0 Å². The van der Waals surface area contributed by atoms with Crippen molar-refractivity contribution in [2.75, 3.05) is 13.7 Å². The summed E-state index contributed by atoms with van der Waals surface area (Å²) >= 11 is 3.56. The molecular weight excluding hydrogens is 266 g/mol. The van der Waals surface area contributed by atoms with Crippen LogP contribution in [0.15, 0.2) is 16.6 Å². The van der Waals surface area contributed by atoms with Crippen LogP contribution in [0.5, 0.6) is 5.75 Å².